The fourth-order valence-electron chi connectivity index (χ4n) is 3.19. The highest BCUT2D eigenvalue weighted by atomic mass is 16.2. The van der Waals surface area contributed by atoms with Gasteiger partial charge in [0.1, 0.15) is 0 Å². The van der Waals surface area contributed by atoms with Crippen molar-refractivity contribution in [3.63, 3.8) is 0 Å². The molecule has 0 radical (unpaired) electrons. The van der Waals surface area contributed by atoms with Gasteiger partial charge in [0.05, 0.1) is 6.04 Å². The van der Waals surface area contributed by atoms with Crippen LogP contribution in [0, 0.1) is 0 Å². The van der Waals surface area contributed by atoms with Gasteiger partial charge in [-0.3, -0.25) is 4.79 Å². The Hall–Kier alpha value is -2.08. The first-order chi connectivity index (χ1) is 11.2. The van der Waals surface area contributed by atoms with Crippen molar-refractivity contribution in [2.75, 3.05) is 44.2 Å². The minimum absolute atomic E-state index is 0.0477. The van der Waals surface area contributed by atoms with E-state index in [1.54, 1.807) is 4.90 Å². The number of piperazine rings is 1. The quantitative estimate of drug-likeness (QED) is 0.910. The SMILES string of the molecule is CCN1CCN(C(=O)N[C@@H]2CC(=O)N(c3ccccc3)C2)CC1. The Labute approximate surface area is 137 Å². The third kappa shape index (κ3) is 3.64. The van der Waals surface area contributed by atoms with Gasteiger partial charge < -0.3 is 20.0 Å². The number of hydrogen-bond acceptors (Lipinski definition) is 3. The Morgan fingerprint density at radius 2 is 1.87 bits per heavy atom. The highest BCUT2D eigenvalue weighted by Crippen LogP contribution is 2.21. The zero-order valence-corrected chi connectivity index (χ0v) is 13.6. The van der Waals surface area contributed by atoms with Gasteiger partial charge in [-0.15, -0.1) is 0 Å². The summed E-state index contributed by atoms with van der Waals surface area (Å²) in [7, 11) is 0. The van der Waals surface area contributed by atoms with Crippen molar-refractivity contribution >= 4 is 17.6 Å². The topological polar surface area (TPSA) is 55.9 Å². The molecule has 1 N–H and O–H groups in total. The molecule has 6 nitrogen and oxygen atoms in total. The second-order valence-corrected chi connectivity index (χ2v) is 6.11. The monoisotopic (exact) mass is 316 g/mol. The molecule has 2 aliphatic rings. The summed E-state index contributed by atoms with van der Waals surface area (Å²) in [6.45, 7) is 7.05. The molecular weight excluding hydrogens is 292 g/mol. The lowest BCUT2D eigenvalue weighted by molar-refractivity contribution is -0.117. The van der Waals surface area contributed by atoms with E-state index in [9.17, 15) is 9.59 Å². The number of anilines is 1. The van der Waals surface area contributed by atoms with E-state index in [1.807, 2.05) is 35.2 Å². The van der Waals surface area contributed by atoms with E-state index in [1.165, 1.54) is 0 Å². The van der Waals surface area contributed by atoms with Gasteiger partial charge in [-0.25, -0.2) is 4.79 Å². The lowest BCUT2D eigenvalue weighted by atomic mass is 10.2. The van der Waals surface area contributed by atoms with Gasteiger partial charge in [-0.2, -0.15) is 0 Å². The normalized spacial score (nSPS) is 22.5. The van der Waals surface area contributed by atoms with E-state index in [0.717, 1.165) is 38.4 Å². The summed E-state index contributed by atoms with van der Waals surface area (Å²) in [5.74, 6) is 0.0669. The van der Waals surface area contributed by atoms with Crippen LogP contribution in [0.2, 0.25) is 0 Å². The number of carbonyl (C=O) groups is 2. The molecule has 3 rings (SSSR count). The van der Waals surface area contributed by atoms with Crippen LogP contribution < -0.4 is 10.2 Å². The minimum atomic E-state index is -0.112. The van der Waals surface area contributed by atoms with E-state index in [-0.39, 0.29) is 18.0 Å². The second kappa shape index (κ2) is 7.00. The molecule has 2 fully saturated rings. The molecule has 2 saturated heterocycles. The average molecular weight is 316 g/mol. The van der Waals surface area contributed by atoms with Crippen molar-refractivity contribution in [1.82, 2.24) is 15.1 Å². The molecule has 6 heteroatoms. The van der Waals surface area contributed by atoms with Gasteiger partial charge in [0, 0.05) is 44.8 Å². The van der Waals surface area contributed by atoms with Crippen molar-refractivity contribution in [1.29, 1.82) is 0 Å². The maximum absolute atomic E-state index is 12.4. The zero-order valence-electron chi connectivity index (χ0n) is 13.6. The Morgan fingerprint density at radius 3 is 2.52 bits per heavy atom. The maximum atomic E-state index is 12.4. The van der Waals surface area contributed by atoms with Crippen LogP contribution in [0.25, 0.3) is 0 Å². The zero-order chi connectivity index (χ0) is 16.2. The first kappa shape index (κ1) is 15.8. The number of urea groups is 1. The summed E-state index contributed by atoms with van der Waals surface area (Å²) in [6, 6.07) is 9.45. The van der Waals surface area contributed by atoms with Crippen LogP contribution >= 0.6 is 0 Å². The van der Waals surface area contributed by atoms with Crippen LogP contribution in [0.15, 0.2) is 30.3 Å². The fourth-order valence-corrected chi connectivity index (χ4v) is 3.19. The number of nitrogens with zero attached hydrogens (tertiary/aromatic N) is 3. The molecule has 0 saturated carbocycles. The molecule has 1 aromatic carbocycles. The third-order valence-electron chi connectivity index (χ3n) is 4.63. The number of carbonyl (C=O) groups excluding carboxylic acids is 2. The molecule has 0 bridgehead atoms. The van der Waals surface area contributed by atoms with Gasteiger partial charge in [0.2, 0.25) is 5.91 Å². The summed E-state index contributed by atoms with van der Waals surface area (Å²) in [6.07, 6.45) is 0.371. The van der Waals surface area contributed by atoms with E-state index in [2.05, 4.69) is 17.1 Å². The van der Waals surface area contributed by atoms with Crippen LogP contribution in [0.3, 0.4) is 0 Å². The molecule has 2 aliphatic heterocycles. The highest BCUT2D eigenvalue weighted by Gasteiger charge is 2.32. The Balaban J connectivity index is 1.53. The molecule has 0 spiro atoms. The molecule has 124 valence electrons. The van der Waals surface area contributed by atoms with Crippen molar-refractivity contribution in [2.24, 2.45) is 0 Å². The molecule has 23 heavy (non-hydrogen) atoms. The summed E-state index contributed by atoms with van der Waals surface area (Å²) in [5, 5.41) is 3.02. The van der Waals surface area contributed by atoms with Crippen LogP contribution in [0.5, 0.6) is 0 Å². The van der Waals surface area contributed by atoms with Crippen LogP contribution in [0.1, 0.15) is 13.3 Å². The highest BCUT2D eigenvalue weighted by molar-refractivity contribution is 5.96. The molecule has 0 unspecified atom stereocenters. The van der Waals surface area contributed by atoms with E-state index >= 15 is 0 Å². The predicted octanol–water partition coefficient (Wildman–Crippen LogP) is 1.14. The second-order valence-electron chi connectivity index (χ2n) is 6.11. The predicted molar refractivity (Wildman–Crippen MR) is 89.4 cm³/mol. The summed E-state index contributed by atoms with van der Waals surface area (Å²) in [4.78, 5) is 30.5. The van der Waals surface area contributed by atoms with Crippen LogP contribution in [0.4, 0.5) is 10.5 Å². The van der Waals surface area contributed by atoms with E-state index in [4.69, 9.17) is 0 Å². The Kier molecular flexibility index (Phi) is 4.81. The van der Waals surface area contributed by atoms with Gasteiger partial charge in [-0.1, -0.05) is 25.1 Å². The van der Waals surface area contributed by atoms with E-state index in [0.29, 0.717) is 13.0 Å². The summed E-state index contributed by atoms with van der Waals surface area (Å²) >= 11 is 0. The average Bonchev–Trinajstić information content (AvgIpc) is 2.96. The lowest BCUT2D eigenvalue weighted by Crippen LogP contribution is -2.53. The van der Waals surface area contributed by atoms with Gasteiger partial charge >= 0.3 is 6.03 Å². The number of rotatable bonds is 3. The van der Waals surface area contributed by atoms with Gasteiger partial charge in [0.25, 0.3) is 0 Å². The molecule has 3 amide bonds. The molecule has 1 atom stereocenters. The Bertz CT molecular complexity index is 555. The number of para-hydroxylation sites is 1. The van der Waals surface area contributed by atoms with Crippen molar-refractivity contribution in [2.45, 2.75) is 19.4 Å². The number of hydrogen-bond donors (Lipinski definition) is 1. The number of benzene rings is 1. The summed E-state index contributed by atoms with van der Waals surface area (Å²) in [5.41, 5.74) is 0.894. The first-order valence-corrected chi connectivity index (χ1v) is 8.30. The number of likely N-dealkylation sites (N-methyl/N-ethyl adjacent to an activating group) is 1. The van der Waals surface area contributed by atoms with Crippen molar-refractivity contribution < 1.29 is 9.59 Å². The van der Waals surface area contributed by atoms with Gasteiger partial charge in [0.15, 0.2) is 0 Å². The van der Waals surface area contributed by atoms with Crippen molar-refractivity contribution in [3.8, 4) is 0 Å². The maximum Gasteiger partial charge on any atom is 0.317 e. The number of amides is 3. The van der Waals surface area contributed by atoms with Crippen LogP contribution in [-0.4, -0.2) is 67.0 Å². The molecule has 2 heterocycles. The van der Waals surface area contributed by atoms with E-state index < -0.39 is 0 Å². The third-order valence-corrected chi connectivity index (χ3v) is 4.63. The minimum Gasteiger partial charge on any atom is -0.333 e. The van der Waals surface area contributed by atoms with Crippen molar-refractivity contribution in [3.05, 3.63) is 30.3 Å². The molecular formula is C17H24N4O2. The number of nitrogens with one attached hydrogen (secondary N) is 1. The largest absolute Gasteiger partial charge is 0.333 e. The van der Waals surface area contributed by atoms with Crippen LogP contribution in [-0.2, 0) is 4.79 Å². The molecule has 0 aromatic heterocycles. The molecule has 0 aliphatic carbocycles. The van der Waals surface area contributed by atoms with Gasteiger partial charge in [-0.05, 0) is 18.7 Å². The molecule has 1 aromatic rings. The first-order valence-electron chi connectivity index (χ1n) is 8.30. The fraction of sp³-hybridized carbons (Fsp3) is 0.529. The summed E-state index contributed by atoms with van der Waals surface area (Å²) < 4.78 is 0. The lowest BCUT2D eigenvalue weighted by Gasteiger charge is -2.34. The smallest absolute Gasteiger partial charge is 0.317 e. The Morgan fingerprint density at radius 1 is 1.17 bits per heavy atom. The standard InChI is InChI=1S/C17H24N4O2/c1-2-19-8-10-20(11-9-19)17(23)18-14-12-16(22)21(13-14)15-6-4-3-5-7-15/h3-7,14H,2,8-13H2,1H3,(H,18,23)/t14-/m1/s1.